The molecule has 1 aromatic carbocycles. The van der Waals surface area contributed by atoms with E-state index in [0.29, 0.717) is 0 Å². The van der Waals surface area contributed by atoms with Crippen molar-refractivity contribution in [3.8, 4) is 0 Å². The standard InChI is InChI=1S/C13H14F2N4OS/c1-8(12(16)21)13(20,5-19-7-17-6-18-19)10-4-9(14)2-3-11(10)15/h2-4,6-8,20H,5H2,1H3,(H2,16,21). The minimum Gasteiger partial charge on any atom is -0.393 e. The Hall–Kier alpha value is -1.93. The third-order valence-corrected chi connectivity index (χ3v) is 3.76. The Bertz CT molecular complexity index is 650. The lowest BCUT2D eigenvalue weighted by Crippen LogP contribution is -2.44. The number of hydrogen-bond acceptors (Lipinski definition) is 4. The summed E-state index contributed by atoms with van der Waals surface area (Å²) >= 11 is 4.89. The zero-order valence-electron chi connectivity index (χ0n) is 11.2. The van der Waals surface area contributed by atoms with Crippen LogP contribution in [0.4, 0.5) is 8.78 Å². The number of thiocarbonyl (C=S) groups is 1. The highest BCUT2D eigenvalue weighted by molar-refractivity contribution is 7.80. The number of nitrogens with zero attached hydrogens (tertiary/aromatic N) is 3. The van der Waals surface area contributed by atoms with Crippen molar-refractivity contribution in [3.63, 3.8) is 0 Å². The second-order valence-corrected chi connectivity index (χ2v) is 5.24. The maximum atomic E-state index is 14.1. The number of benzene rings is 1. The van der Waals surface area contributed by atoms with Crippen molar-refractivity contribution in [1.82, 2.24) is 14.8 Å². The second kappa shape index (κ2) is 5.82. The molecule has 0 aliphatic carbocycles. The molecule has 2 rings (SSSR count). The van der Waals surface area contributed by atoms with Crippen LogP contribution in [0.5, 0.6) is 0 Å². The van der Waals surface area contributed by atoms with E-state index >= 15 is 0 Å². The average Bonchev–Trinajstić information content (AvgIpc) is 2.93. The summed E-state index contributed by atoms with van der Waals surface area (Å²) in [4.78, 5) is 3.74. The fraction of sp³-hybridized carbons (Fsp3) is 0.308. The molecule has 2 unspecified atom stereocenters. The largest absolute Gasteiger partial charge is 0.393 e. The molecule has 0 aliphatic heterocycles. The van der Waals surface area contributed by atoms with E-state index in [2.05, 4.69) is 10.1 Å². The van der Waals surface area contributed by atoms with Gasteiger partial charge in [0.25, 0.3) is 0 Å². The number of nitrogens with two attached hydrogens (primary N) is 1. The van der Waals surface area contributed by atoms with Gasteiger partial charge in [0.2, 0.25) is 0 Å². The highest BCUT2D eigenvalue weighted by Gasteiger charge is 2.40. The van der Waals surface area contributed by atoms with Gasteiger partial charge >= 0.3 is 0 Å². The molecule has 0 fully saturated rings. The maximum absolute atomic E-state index is 14.1. The van der Waals surface area contributed by atoms with Gasteiger partial charge in [0, 0.05) is 11.5 Å². The summed E-state index contributed by atoms with van der Waals surface area (Å²) in [6, 6.07) is 2.85. The molecule has 3 N–H and O–H groups in total. The number of rotatable bonds is 5. The molecule has 8 heteroatoms. The van der Waals surface area contributed by atoms with E-state index in [9.17, 15) is 13.9 Å². The minimum absolute atomic E-state index is 0.0127. The van der Waals surface area contributed by atoms with Gasteiger partial charge in [-0.2, -0.15) is 5.10 Å². The van der Waals surface area contributed by atoms with Crippen molar-refractivity contribution < 1.29 is 13.9 Å². The molecular formula is C13H14F2N4OS. The molecule has 1 aromatic heterocycles. The van der Waals surface area contributed by atoms with Gasteiger partial charge in [-0.25, -0.2) is 18.4 Å². The Balaban J connectivity index is 2.54. The lowest BCUT2D eigenvalue weighted by molar-refractivity contribution is -0.0155. The minimum atomic E-state index is -1.84. The Kier molecular flexibility index (Phi) is 4.29. The lowest BCUT2D eigenvalue weighted by Gasteiger charge is -2.34. The Labute approximate surface area is 125 Å². The van der Waals surface area contributed by atoms with E-state index in [0.717, 1.165) is 18.2 Å². The molecule has 0 saturated carbocycles. The smallest absolute Gasteiger partial charge is 0.137 e. The monoisotopic (exact) mass is 312 g/mol. The van der Waals surface area contributed by atoms with Gasteiger partial charge in [-0.05, 0) is 18.2 Å². The molecule has 2 aromatic rings. The predicted molar refractivity (Wildman–Crippen MR) is 76.2 cm³/mol. The van der Waals surface area contributed by atoms with Gasteiger partial charge in [-0.15, -0.1) is 0 Å². The van der Waals surface area contributed by atoms with Crippen molar-refractivity contribution in [1.29, 1.82) is 0 Å². The highest BCUT2D eigenvalue weighted by Crippen LogP contribution is 2.34. The van der Waals surface area contributed by atoms with Gasteiger partial charge in [0.1, 0.15) is 29.9 Å². The first-order valence-electron chi connectivity index (χ1n) is 6.14. The van der Waals surface area contributed by atoms with Crippen LogP contribution < -0.4 is 5.73 Å². The van der Waals surface area contributed by atoms with Crippen LogP contribution in [-0.2, 0) is 12.1 Å². The predicted octanol–water partition coefficient (Wildman–Crippen LogP) is 1.37. The summed E-state index contributed by atoms with van der Waals surface area (Å²) in [5.74, 6) is -2.21. The quantitative estimate of drug-likeness (QED) is 0.815. The molecule has 21 heavy (non-hydrogen) atoms. The number of halogens is 2. The normalized spacial score (nSPS) is 15.4. The molecule has 0 bridgehead atoms. The first kappa shape index (κ1) is 15.5. The fourth-order valence-electron chi connectivity index (χ4n) is 2.08. The Morgan fingerprint density at radius 3 is 2.81 bits per heavy atom. The van der Waals surface area contributed by atoms with Crippen molar-refractivity contribution >= 4 is 17.2 Å². The van der Waals surface area contributed by atoms with Crippen LogP contribution in [0.2, 0.25) is 0 Å². The Morgan fingerprint density at radius 1 is 1.52 bits per heavy atom. The van der Waals surface area contributed by atoms with Gasteiger partial charge in [-0.3, -0.25) is 0 Å². The lowest BCUT2D eigenvalue weighted by atomic mass is 9.81. The molecule has 0 radical (unpaired) electrons. The van der Waals surface area contributed by atoms with Crippen LogP contribution in [0.3, 0.4) is 0 Å². The fourth-order valence-corrected chi connectivity index (χ4v) is 2.28. The summed E-state index contributed by atoms with van der Waals surface area (Å²) in [6.45, 7) is 1.38. The molecular weight excluding hydrogens is 298 g/mol. The third-order valence-electron chi connectivity index (χ3n) is 3.41. The number of aromatic nitrogens is 3. The average molecular weight is 312 g/mol. The number of aliphatic hydroxyl groups is 1. The molecule has 112 valence electrons. The number of hydrogen-bond donors (Lipinski definition) is 2. The maximum Gasteiger partial charge on any atom is 0.137 e. The molecule has 0 amide bonds. The van der Waals surface area contributed by atoms with Crippen molar-refractivity contribution in [2.24, 2.45) is 11.7 Å². The van der Waals surface area contributed by atoms with Crippen molar-refractivity contribution in [2.45, 2.75) is 19.1 Å². The van der Waals surface area contributed by atoms with E-state index in [-0.39, 0.29) is 17.1 Å². The molecule has 1 heterocycles. The van der Waals surface area contributed by atoms with Gasteiger partial charge in [0.15, 0.2) is 0 Å². The van der Waals surface area contributed by atoms with E-state index in [1.54, 1.807) is 6.92 Å². The first-order valence-corrected chi connectivity index (χ1v) is 6.55. The van der Waals surface area contributed by atoms with Crippen LogP contribution in [0, 0.1) is 17.6 Å². The van der Waals surface area contributed by atoms with Crippen LogP contribution in [0.25, 0.3) is 0 Å². The molecule has 0 spiro atoms. The first-order chi connectivity index (χ1) is 9.84. The molecule has 0 aliphatic rings. The summed E-state index contributed by atoms with van der Waals surface area (Å²) in [5, 5.41) is 14.8. The SMILES string of the molecule is CC(C(N)=S)C(O)(Cn1cncn1)c1cc(F)ccc1F. The zero-order chi connectivity index (χ0) is 15.6. The summed E-state index contributed by atoms with van der Waals surface area (Å²) in [5.41, 5.74) is 3.52. The molecule has 2 atom stereocenters. The van der Waals surface area contributed by atoms with E-state index in [1.807, 2.05) is 0 Å². The van der Waals surface area contributed by atoms with Gasteiger partial charge < -0.3 is 10.8 Å². The van der Waals surface area contributed by atoms with E-state index in [1.165, 1.54) is 17.3 Å². The van der Waals surface area contributed by atoms with Crippen molar-refractivity contribution in [2.75, 3.05) is 0 Å². The second-order valence-electron chi connectivity index (χ2n) is 4.77. The van der Waals surface area contributed by atoms with Crippen LogP contribution >= 0.6 is 12.2 Å². The molecule has 5 nitrogen and oxygen atoms in total. The third kappa shape index (κ3) is 3.06. The summed E-state index contributed by atoms with van der Waals surface area (Å²) in [6.07, 6.45) is 2.63. The topological polar surface area (TPSA) is 77.0 Å². The highest BCUT2D eigenvalue weighted by atomic mass is 32.1. The summed E-state index contributed by atoms with van der Waals surface area (Å²) in [7, 11) is 0. The van der Waals surface area contributed by atoms with Crippen LogP contribution in [0.15, 0.2) is 30.9 Å². The van der Waals surface area contributed by atoms with Gasteiger partial charge in [0.05, 0.1) is 11.5 Å². The zero-order valence-corrected chi connectivity index (χ0v) is 12.0. The van der Waals surface area contributed by atoms with Crippen molar-refractivity contribution in [3.05, 3.63) is 48.1 Å². The van der Waals surface area contributed by atoms with E-state index in [4.69, 9.17) is 18.0 Å². The van der Waals surface area contributed by atoms with E-state index < -0.39 is 23.2 Å². The summed E-state index contributed by atoms with van der Waals surface area (Å²) < 4.78 is 28.8. The van der Waals surface area contributed by atoms with Crippen LogP contribution in [-0.4, -0.2) is 24.9 Å². The van der Waals surface area contributed by atoms with Gasteiger partial charge in [-0.1, -0.05) is 19.1 Å². The van der Waals surface area contributed by atoms with Crippen LogP contribution in [0.1, 0.15) is 12.5 Å². The molecule has 0 saturated heterocycles. The Morgan fingerprint density at radius 2 is 2.24 bits per heavy atom.